The molecule has 0 saturated heterocycles. The van der Waals surface area contributed by atoms with Gasteiger partial charge in [-0.2, -0.15) is 0 Å². The molecule has 138 valence electrons. The minimum Gasteiger partial charge on any atom is -0.465 e. The molecule has 1 aromatic heterocycles. The van der Waals surface area contributed by atoms with Crippen LogP contribution in [0.15, 0.2) is 41.3 Å². The van der Waals surface area contributed by atoms with Crippen molar-refractivity contribution in [3.05, 3.63) is 68.1 Å². The van der Waals surface area contributed by atoms with E-state index in [9.17, 15) is 32.9 Å². The van der Waals surface area contributed by atoms with Gasteiger partial charge in [-0.05, 0) is 17.7 Å². The van der Waals surface area contributed by atoms with Crippen LogP contribution in [0.1, 0.15) is 15.9 Å². The lowest BCUT2D eigenvalue weighted by Gasteiger charge is -2.10. The van der Waals surface area contributed by atoms with Crippen molar-refractivity contribution in [3.8, 4) is 5.75 Å². The molecule has 0 aliphatic carbocycles. The summed E-state index contributed by atoms with van der Waals surface area (Å²) in [5, 5.41) is 11.0. The van der Waals surface area contributed by atoms with Crippen molar-refractivity contribution in [1.82, 2.24) is 4.57 Å². The Balaban J connectivity index is 2.36. The smallest absolute Gasteiger partial charge is 0.465 e. The number of hydrogen-bond acceptors (Lipinski definition) is 6. The van der Waals surface area contributed by atoms with E-state index in [-0.39, 0.29) is 6.54 Å². The highest BCUT2D eigenvalue weighted by atomic mass is 19.4. The molecule has 1 heterocycles. The molecular weight excluding hydrogens is 361 g/mol. The molecule has 0 atom stereocenters. The highest BCUT2D eigenvalue weighted by Gasteiger charge is 2.31. The maximum absolute atomic E-state index is 12.3. The van der Waals surface area contributed by atoms with Crippen LogP contribution >= 0.6 is 0 Å². The summed E-state index contributed by atoms with van der Waals surface area (Å²) in [6.45, 7) is -0.212. The molecule has 0 bridgehead atoms. The molecule has 0 radical (unpaired) electrons. The second-order valence-electron chi connectivity index (χ2n) is 4.99. The first-order valence-corrected chi connectivity index (χ1v) is 6.92. The number of rotatable bonds is 5. The number of methoxy groups -OCH3 is 1. The highest BCUT2D eigenvalue weighted by Crippen LogP contribution is 2.23. The molecule has 2 aromatic rings. The van der Waals surface area contributed by atoms with Crippen LogP contribution in [0.3, 0.4) is 0 Å². The number of pyridine rings is 1. The maximum Gasteiger partial charge on any atom is 0.573 e. The number of carbonyl (C=O) groups is 1. The van der Waals surface area contributed by atoms with E-state index in [0.29, 0.717) is 5.56 Å². The van der Waals surface area contributed by atoms with Crippen molar-refractivity contribution in [2.24, 2.45) is 0 Å². The summed E-state index contributed by atoms with van der Waals surface area (Å²) in [6.07, 6.45) is -3.91. The van der Waals surface area contributed by atoms with E-state index in [1.807, 2.05) is 0 Å². The fourth-order valence-corrected chi connectivity index (χ4v) is 2.09. The second kappa shape index (κ2) is 7.25. The zero-order valence-electron chi connectivity index (χ0n) is 13.1. The third-order valence-corrected chi connectivity index (χ3v) is 3.20. The van der Waals surface area contributed by atoms with Gasteiger partial charge in [-0.1, -0.05) is 12.1 Å². The van der Waals surface area contributed by atoms with Crippen LogP contribution in [0.5, 0.6) is 5.75 Å². The van der Waals surface area contributed by atoms with Gasteiger partial charge in [0, 0.05) is 6.07 Å². The molecule has 26 heavy (non-hydrogen) atoms. The minimum absolute atomic E-state index is 0.212. The summed E-state index contributed by atoms with van der Waals surface area (Å²) in [5.74, 6) is -1.50. The average molecular weight is 372 g/mol. The number of nitro groups is 1. The monoisotopic (exact) mass is 372 g/mol. The van der Waals surface area contributed by atoms with Crippen LogP contribution < -0.4 is 10.3 Å². The molecule has 0 amide bonds. The van der Waals surface area contributed by atoms with E-state index in [1.165, 1.54) is 12.1 Å². The molecule has 8 nitrogen and oxygen atoms in total. The van der Waals surface area contributed by atoms with Crippen molar-refractivity contribution < 1.29 is 32.4 Å². The van der Waals surface area contributed by atoms with Crippen LogP contribution in [0.2, 0.25) is 0 Å². The van der Waals surface area contributed by atoms with Gasteiger partial charge >= 0.3 is 12.3 Å². The maximum atomic E-state index is 12.3. The van der Waals surface area contributed by atoms with E-state index in [2.05, 4.69) is 9.47 Å². The van der Waals surface area contributed by atoms with Gasteiger partial charge in [-0.3, -0.25) is 14.9 Å². The first-order chi connectivity index (χ1) is 12.1. The van der Waals surface area contributed by atoms with Gasteiger partial charge in [0.25, 0.3) is 11.2 Å². The van der Waals surface area contributed by atoms with E-state index < -0.39 is 39.8 Å². The molecule has 0 aliphatic heterocycles. The van der Waals surface area contributed by atoms with Crippen molar-refractivity contribution in [1.29, 1.82) is 0 Å². The zero-order chi connectivity index (χ0) is 19.5. The number of esters is 1. The predicted octanol–water partition coefficient (Wildman–Crippen LogP) is 2.49. The van der Waals surface area contributed by atoms with Crippen LogP contribution in [0.4, 0.5) is 18.9 Å². The fraction of sp³-hybridized carbons (Fsp3) is 0.200. The summed E-state index contributed by atoms with van der Waals surface area (Å²) in [6, 6.07) is 5.37. The normalized spacial score (nSPS) is 11.1. The molecule has 0 fully saturated rings. The fourth-order valence-electron chi connectivity index (χ4n) is 2.09. The number of nitrogens with zero attached hydrogens (tertiary/aromatic N) is 2. The number of benzene rings is 1. The first kappa shape index (κ1) is 19.0. The van der Waals surface area contributed by atoms with E-state index >= 15 is 0 Å². The first-order valence-electron chi connectivity index (χ1n) is 6.92. The third kappa shape index (κ3) is 4.59. The third-order valence-electron chi connectivity index (χ3n) is 3.20. The van der Waals surface area contributed by atoms with Gasteiger partial charge in [-0.15, -0.1) is 13.2 Å². The molecule has 0 N–H and O–H groups in total. The molecule has 0 unspecified atom stereocenters. The van der Waals surface area contributed by atoms with Crippen molar-refractivity contribution in [2.75, 3.05) is 7.11 Å². The lowest BCUT2D eigenvalue weighted by Crippen LogP contribution is -2.27. The van der Waals surface area contributed by atoms with E-state index in [1.54, 1.807) is 0 Å². The molecule has 0 aliphatic rings. The van der Waals surface area contributed by atoms with Crippen LogP contribution in [-0.2, 0) is 11.3 Å². The quantitative estimate of drug-likeness (QED) is 0.454. The van der Waals surface area contributed by atoms with Gasteiger partial charge in [0.15, 0.2) is 0 Å². The molecule has 0 spiro atoms. The lowest BCUT2D eigenvalue weighted by atomic mass is 10.2. The Hall–Kier alpha value is -3.37. The zero-order valence-corrected chi connectivity index (χ0v) is 13.1. The number of ether oxygens (including phenoxy) is 2. The predicted molar refractivity (Wildman–Crippen MR) is 80.9 cm³/mol. The van der Waals surface area contributed by atoms with Gasteiger partial charge in [0.2, 0.25) is 0 Å². The summed E-state index contributed by atoms with van der Waals surface area (Å²) >= 11 is 0. The average Bonchev–Trinajstić information content (AvgIpc) is 2.56. The number of carbonyl (C=O) groups excluding carboxylic acids is 1. The Labute approximate surface area is 143 Å². The largest absolute Gasteiger partial charge is 0.573 e. The van der Waals surface area contributed by atoms with E-state index in [4.69, 9.17) is 0 Å². The minimum atomic E-state index is -4.84. The molecular formula is C15H11F3N2O6. The van der Waals surface area contributed by atoms with Crippen molar-refractivity contribution in [3.63, 3.8) is 0 Å². The number of hydrogen-bond donors (Lipinski definition) is 0. The number of alkyl halides is 3. The molecule has 0 saturated carbocycles. The van der Waals surface area contributed by atoms with Gasteiger partial charge in [0.05, 0.1) is 24.8 Å². The molecule has 1 aromatic carbocycles. The Morgan fingerprint density at radius 3 is 2.38 bits per heavy atom. The summed E-state index contributed by atoms with van der Waals surface area (Å²) < 4.78 is 45.5. The van der Waals surface area contributed by atoms with Crippen molar-refractivity contribution >= 4 is 11.7 Å². The summed E-state index contributed by atoms with van der Waals surface area (Å²) in [5.41, 5.74) is -1.52. The standard InChI is InChI=1S/C15H11F3N2O6/c1-25-14(22)12-6-10(20(23)24)8-19(13(12)21)7-9-2-4-11(5-3-9)26-15(16,17)18/h2-6,8H,7H2,1H3. The summed E-state index contributed by atoms with van der Waals surface area (Å²) in [4.78, 5) is 34.1. The topological polar surface area (TPSA) is 101 Å². The second-order valence-corrected chi connectivity index (χ2v) is 4.99. The Morgan fingerprint density at radius 2 is 1.88 bits per heavy atom. The Kier molecular flexibility index (Phi) is 5.29. The SMILES string of the molecule is COC(=O)c1cc([N+](=O)[O-])cn(Cc2ccc(OC(F)(F)F)cc2)c1=O. The summed E-state index contributed by atoms with van der Waals surface area (Å²) in [7, 11) is 1.02. The van der Waals surface area contributed by atoms with Crippen LogP contribution in [0.25, 0.3) is 0 Å². The Bertz CT molecular complexity index is 890. The van der Waals surface area contributed by atoms with Gasteiger partial charge < -0.3 is 14.0 Å². The van der Waals surface area contributed by atoms with Crippen molar-refractivity contribution in [2.45, 2.75) is 12.9 Å². The van der Waals surface area contributed by atoms with Crippen LogP contribution in [-0.4, -0.2) is 28.9 Å². The molecule has 11 heteroatoms. The van der Waals surface area contributed by atoms with Crippen LogP contribution in [0, 0.1) is 10.1 Å². The number of aromatic nitrogens is 1. The number of halogens is 3. The highest BCUT2D eigenvalue weighted by molar-refractivity contribution is 5.89. The van der Waals surface area contributed by atoms with E-state index in [0.717, 1.165) is 36.1 Å². The lowest BCUT2D eigenvalue weighted by molar-refractivity contribution is -0.385. The van der Waals surface area contributed by atoms with Gasteiger partial charge in [-0.25, -0.2) is 4.79 Å². The molecule has 2 rings (SSSR count). The van der Waals surface area contributed by atoms with Gasteiger partial charge in [0.1, 0.15) is 11.3 Å². The Morgan fingerprint density at radius 1 is 1.27 bits per heavy atom.